The molecule has 1 aromatic heterocycles. The van der Waals surface area contributed by atoms with Crippen molar-refractivity contribution >= 4 is 17.6 Å². The zero-order valence-electron chi connectivity index (χ0n) is 16.7. The van der Waals surface area contributed by atoms with Gasteiger partial charge in [0.2, 0.25) is 0 Å². The van der Waals surface area contributed by atoms with Crippen LogP contribution in [0.25, 0.3) is 11.1 Å². The molecule has 0 aliphatic rings. The number of hydrogen-bond donors (Lipinski definition) is 1. The van der Waals surface area contributed by atoms with Crippen LogP contribution < -0.4 is 5.73 Å². The standard InChI is InChI=1S/C22H24ClFN4O2/c1-2-30-22(29)17(14-28-10-9-26-27-28)12-19(25)11-15-3-5-16(6-4-15)20-13-18(23)7-8-21(20)24/h3-10,13,17,19H,2,11-12,14,25H2,1H3/t17-,19+/m0/s1. The summed E-state index contributed by atoms with van der Waals surface area (Å²) in [5.41, 5.74) is 8.52. The summed E-state index contributed by atoms with van der Waals surface area (Å²) in [5, 5.41) is 8.17. The van der Waals surface area contributed by atoms with E-state index in [1.807, 2.05) is 24.3 Å². The summed E-state index contributed by atoms with van der Waals surface area (Å²) in [7, 11) is 0. The van der Waals surface area contributed by atoms with Gasteiger partial charge in [-0.05, 0) is 49.1 Å². The van der Waals surface area contributed by atoms with Gasteiger partial charge in [-0.1, -0.05) is 41.1 Å². The molecule has 30 heavy (non-hydrogen) atoms. The zero-order chi connectivity index (χ0) is 21.5. The molecule has 1 heterocycles. The van der Waals surface area contributed by atoms with Crippen molar-refractivity contribution in [2.24, 2.45) is 11.7 Å². The third kappa shape index (κ3) is 5.87. The van der Waals surface area contributed by atoms with Crippen LogP contribution in [0.2, 0.25) is 5.02 Å². The monoisotopic (exact) mass is 430 g/mol. The van der Waals surface area contributed by atoms with Gasteiger partial charge >= 0.3 is 5.97 Å². The molecule has 0 bridgehead atoms. The first-order valence-corrected chi connectivity index (χ1v) is 10.1. The van der Waals surface area contributed by atoms with Crippen molar-refractivity contribution < 1.29 is 13.9 Å². The first-order valence-electron chi connectivity index (χ1n) is 9.77. The van der Waals surface area contributed by atoms with Crippen LogP contribution in [0.3, 0.4) is 0 Å². The fraction of sp³-hybridized carbons (Fsp3) is 0.318. The van der Waals surface area contributed by atoms with Crippen LogP contribution in [-0.2, 0) is 22.5 Å². The maximum Gasteiger partial charge on any atom is 0.310 e. The van der Waals surface area contributed by atoms with E-state index in [4.69, 9.17) is 22.1 Å². The molecule has 3 aromatic rings. The van der Waals surface area contributed by atoms with E-state index >= 15 is 0 Å². The third-order valence-corrected chi connectivity index (χ3v) is 5.01. The van der Waals surface area contributed by atoms with E-state index in [9.17, 15) is 9.18 Å². The third-order valence-electron chi connectivity index (χ3n) is 4.78. The van der Waals surface area contributed by atoms with Gasteiger partial charge in [0.1, 0.15) is 5.82 Å². The number of ether oxygens (including phenoxy) is 1. The minimum absolute atomic E-state index is 0.253. The predicted octanol–water partition coefficient (Wildman–Crippen LogP) is 3.88. The van der Waals surface area contributed by atoms with E-state index < -0.39 is 5.92 Å². The van der Waals surface area contributed by atoms with Crippen LogP contribution in [0.1, 0.15) is 18.9 Å². The van der Waals surface area contributed by atoms with Crippen molar-refractivity contribution in [3.63, 3.8) is 0 Å². The van der Waals surface area contributed by atoms with Gasteiger partial charge in [-0.3, -0.25) is 9.48 Å². The number of nitrogens with zero attached hydrogens (tertiary/aromatic N) is 3. The Hall–Kier alpha value is -2.77. The normalized spacial score (nSPS) is 13.1. The minimum Gasteiger partial charge on any atom is -0.466 e. The summed E-state index contributed by atoms with van der Waals surface area (Å²) in [6.45, 7) is 2.44. The Balaban J connectivity index is 1.65. The van der Waals surface area contributed by atoms with Crippen molar-refractivity contribution in [3.05, 3.63) is 71.3 Å². The molecular weight excluding hydrogens is 407 g/mol. The van der Waals surface area contributed by atoms with Gasteiger partial charge in [-0.15, -0.1) is 5.10 Å². The van der Waals surface area contributed by atoms with Crippen LogP contribution >= 0.6 is 11.6 Å². The topological polar surface area (TPSA) is 83.0 Å². The summed E-state index contributed by atoms with van der Waals surface area (Å²) in [4.78, 5) is 12.3. The fourth-order valence-corrected chi connectivity index (χ4v) is 3.52. The smallest absolute Gasteiger partial charge is 0.310 e. The van der Waals surface area contributed by atoms with Gasteiger partial charge in [0.15, 0.2) is 0 Å². The summed E-state index contributed by atoms with van der Waals surface area (Å²) >= 11 is 5.98. The molecule has 8 heteroatoms. The molecule has 158 valence electrons. The lowest BCUT2D eigenvalue weighted by molar-refractivity contribution is -0.149. The van der Waals surface area contributed by atoms with Crippen LogP contribution in [0, 0.1) is 11.7 Å². The highest BCUT2D eigenvalue weighted by Crippen LogP contribution is 2.26. The highest BCUT2D eigenvalue weighted by atomic mass is 35.5. The molecule has 0 saturated carbocycles. The molecule has 2 aromatic carbocycles. The molecule has 0 amide bonds. The lowest BCUT2D eigenvalue weighted by Crippen LogP contribution is -2.32. The number of halogens is 2. The molecule has 0 spiro atoms. The van der Waals surface area contributed by atoms with Gasteiger partial charge in [0, 0.05) is 22.8 Å². The largest absolute Gasteiger partial charge is 0.466 e. The SMILES string of the molecule is CCOC(=O)[C@@H](C[C@H](N)Cc1ccc(-c2cc(Cl)ccc2F)cc1)Cn1ccnn1. The molecule has 0 radical (unpaired) electrons. The predicted molar refractivity (Wildman–Crippen MR) is 113 cm³/mol. The quantitative estimate of drug-likeness (QED) is 0.521. The molecule has 6 nitrogen and oxygen atoms in total. The van der Waals surface area contributed by atoms with Crippen LogP contribution in [0.15, 0.2) is 54.9 Å². The zero-order valence-corrected chi connectivity index (χ0v) is 17.4. The Morgan fingerprint density at radius 2 is 2.03 bits per heavy atom. The van der Waals surface area contributed by atoms with Gasteiger partial charge < -0.3 is 10.5 Å². The van der Waals surface area contributed by atoms with Crippen molar-refractivity contribution in [1.82, 2.24) is 15.0 Å². The van der Waals surface area contributed by atoms with Gasteiger partial charge in [-0.25, -0.2) is 4.39 Å². The van der Waals surface area contributed by atoms with Crippen LogP contribution in [0.4, 0.5) is 4.39 Å². The number of aromatic nitrogens is 3. The minimum atomic E-state index is -0.415. The van der Waals surface area contributed by atoms with E-state index in [0.717, 1.165) is 11.1 Å². The first-order chi connectivity index (χ1) is 14.5. The highest BCUT2D eigenvalue weighted by Gasteiger charge is 2.24. The number of esters is 1. The molecule has 3 rings (SSSR count). The molecule has 2 N–H and O–H groups in total. The lowest BCUT2D eigenvalue weighted by Gasteiger charge is -2.20. The highest BCUT2D eigenvalue weighted by molar-refractivity contribution is 6.30. The van der Waals surface area contributed by atoms with Crippen molar-refractivity contribution in [1.29, 1.82) is 0 Å². The molecule has 0 unspecified atom stereocenters. The fourth-order valence-electron chi connectivity index (χ4n) is 3.35. The molecule has 0 fully saturated rings. The van der Waals surface area contributed by atoms with E-state index in [0.29, 0.717) is 36.6 Å². The number of benzene rings is 2. The average molecular weight is 431 g/mol. The van der Waals surface area contributed by atoms with Gasteiger partial charge in [0.25, 0.3) is 0 Å². The Morgan fingerprint density at radius 1 is 1.27 bits per heavy atom. The van der Waals surface area contributed by atoms with Crippen molar-refractivity contribution in [3.8, 4) is 11.1 Å². The summed E-state index contributed by atoms with van der Waals surface area (Å²) in [5.74, 6) is -1.04. The second-order valence-electron chi connectivity index (χ2n) is 7.10. The second-order valence-corrected chi connectivity index (χ2v) is 7.53. The van der Waals surface area contributed by atoms with Crippen molar-refractivity contribution in [2.45, 2.75) is 32.4 Å². The summed E-state index contributed by atoms with van der Waals surface area (Å²) in [6.07, 6.45) is 4.28. The maximum absolute atomic E-state index is 14.1. The summed E-state index contributed by atoms with van der Waals surface area (Å²) in [6, 6.07) is 11.7. The number of rotatable bonds is 9. The second kappa shape index (κ2) is 10.3. The van der Waals surface area contributed by atoms with Crippen LogP contribution in [0.5, 0.6) is 0 Å². The van der Waals surface area contributed by atoms with E-state index in [2.05, 4.69) is 10.3 Å². The molecule has 0 aliphatic carbocycles. The van der Waals surface area contributed by atoms with Crippen molar-refractivity contribution in [2.75, 3.05) is 6.61 Å². The first kappa shape index (κ1) is 21.9. The van der Waals surface area contributed by atoms with E-state index in [-0.39, 0.29) is 17.8 Å². The molecule has 0 saturated heterocycles. The van der Waals surface area contributed by atoms with Crippen LogP contribution in [-0.4, -0.2) is 33.6 Å². The Kier molecular flexibility index (Phi) is 7.54. The Labute approximate surface area is 179 Å². The average Bonchev–Trinajstić information content (AvgIpc) is 3.23. The Morgan fingerprint density at radius 3 is 2.70 bits per heavy atom. The van der Waals surface area contributed by atoms with E-state index in [1.165, 1.54) is 12.1 Å². The van der Waals surface area contributed by atoms with E-state index in [1.54, 1.807) is 30.1 Å². The maximum atomic E-state index is 14.1. The molecular formula is C22H24ClFN4O2. The van der Waals surface area contributed by atoms with Gasteiger partial charge in [0.05, 0.1) is 25.3 Å². The summed E-state index contributed by atoms with van der Waals surface area (Å²) < 4.78 is 20.9. The van der Waals surface area contributed by atoms with Gasteiger partial charge in [-0.2, -0.15) is 0 Å². The molecule has 2 atom stereocenters. The Bertz CT molecular complexity index is 964. The lowest BCUT2D eigenvalue weighted by atomic mass is 9.94. The molecule has 0 aliphatic heterocycles. The number of carbonyl (C=O) groups is 1. The number of carbonyl (C=O) groups excluding carboxylic acids is 1. The number of nitrogens with two attached hydrogens (primary N) is 1. The number of hydrogen-bond acceptors (Lipinski definition) is 5.